The number of hydrogen-bond donors (Lipinski definition) is 1. The molecule has 2 heterocycles. The summed E-state index contributed by atoms with van der Waals surface area (Å²) in [6.07, 6.45) is 0.346. The fraction of sp³-hybridized carbons (Fsp3) is 0.278. The largest absolute Gasteiger partial charge is 0.383 e. The number of hydrogen-bond acceptors (Lipinski definition) is 5. The topological polar surface area (TPSA) is 73.2 Å². The van der Waals surface area contributed by atoms with Crippen molar-refractivity contribution in [3.05, 3.63) is 62.7 Å². The van der Waals surface area contributed by atoms with Crippen molar-refractivity contribution in [1.82, 2.24) is 15.1 Å². The van der Waals surface area contributed by atoms with Gasteiger partial charge in [0.1, 0.15) is 0 Å². The number of carbonyl (C=O) groups is 1. The van der Waals surface area contributed by atoms with Crippen molar-refractivity contribution < 1.29 is 9.53 Å². The average Bonchev–Trinajstić information content (AvgIpc) is 3.13. The van der Waals surface area contributed by atoms with E-state index in [4.69, 9.17) is 4.74 Å². The van der Waals surface area contributed by atoms with E-state index in [-0.39, 0.29) is 18.0 Å². The van der Waals surface area contributed by atoms with E-state index < -0.39 is 0 Å². The third-order valence-electron chi connectivity index (χ3n) is 3.82. The molecule has 3 rings (SSSR count). The highest BCUT2D eigenvalue weighted by Crippen LogP contribution is 2.13. The number of nitrogens with one attached hydrogen (secondary N) is 1. The Kier molecular flexibility index (Phi) is 5.57. The van der Waals surface area contributed by atoms with Gasteiger partial charge in [-0.3, -0.25) is 9.59 Å². The van der Waals surface area contributed by atoms with Crippen LogP contribution in [0.15, 0.2) is 46.6 Å². The number of thiophene rings is 1. The van der Waals surface area contributed by atoms with Crippen LogP contribution in [0, 0.1) is 0 Å². The Morgan fingerprint density at radius 2 is 2.04 bits per heavy atom. The summed E-state index contributed by atoms with van der Waals surface area (Å²) >= 11 is 1.55. The number of nitrogens with zero attached hydrogens (tertiary/aromatic N) is 2. The van der Waals surface area contributed by atoms with Crippen LogP contribution in [0.4, 0.5) is 0 Å². The molecule has 25 heavy (non-hydrogen) atoms. The lowest BCUT2D eigenvalue weighted by Gasteiger charge is -2.11. The van der Waals surface area contributed by atoms with Gasteiger partial charge in [-0.15, -0.1) is 11.3 Å². The van der Waals surface area contributed by atoms with Crippen molar-refractivity contribution in [3.63, 3.8) is 0 Å². The van der Waals surface area contributed by atoms with Crippen molar-refractivity contribution in [2.24, 2.45) is 0 Å². The molecule has 1 N–H and O–H groups in total. The number of fused-ring (bicyclic) bond motifs is 1. The molecule has 6 nitrogen and oxygen atoms in total. The summed E-state index contributed by atoms with van der Waals surface area (Å²) in [5, 5.41) is 10.6. The van der Waals surface area contributed by atoms with E-state index in [1.807, 2.05) is 35.7 Å². The molecule has 0 spiro atoms. The Bertz CT molecular complexity index is 919. The zero-order chi connectivity index (χ0) is 17.6. The quantitative estimate of drug-likeness (QED) is 0.702. The van der Waals surface area contributed by atoms with Crippen molar-refractivity contribution in [1.29, 1.82) is 0 Å². The first-order valence-electron chi connectivity index (χ1n) is 7.96. The minimum atomic E-state index is -0.152. The first-order chi connectivity index (χ1) is 12.2. The van der Waals surface area contributed by atoms with Crippen LogP contribution in [-0.2, 0) is 29.0 Å². The van der Waals surface area contributed by atoms with Crippen LogP contribution in [0.25, 0.3) is 10.8 Å². The van der Waals surface area contributed by atoms with Crippen LogP contribution in [0.5, 0.6) is 0 Å². The molecule has 0 aliphatic carbocycles. The first kappa shape index (κ1) is 17.3. The molecule has 3 aromatic rings. The second-order valence-corrected chi connectivity index (χ2v) is 6.58. The molecule has 7 heteroatoms. The molecule has 0 bridgehead atoms. The molecule has 0 saturated carbocycles. The van der Waals surface area contributed by atoms with E-state index >= 15 is 0 Å². The van der Waals surface area contributed by atoms with Crippen molar-refractivity contribution in [2.75, 3.05) is 13.7 Å². The van der Waals surface area contributed by atoms with Gasteiger partial charge < -0.3 is 10.1 Å². The Labute approximate surface area is 149 Å². The van der Waals surface area contributed by atoms with Gasteiger partial charge in [0.15, 0.2) is 0 Å². The van der Waals surface area contributed by atoms with Gasteiger partial charge >= 0.3 is 0 Å². The minimum Gasteiger partial charge on any atom is -0.383 e. The summed E-state index contributed by atoms with van der Waals surface area (Å²) in [7, 11) is 1.58. The lowest BCUT2D eigenvalue weighted by Crippen LogP contribution is -2.30. The molecule has 0 unspecified atom stereocenters. The van der Waals surface area contributed by atoms with Crippen LogP contribution in [-0.4, -0.2) is 29.4 Å². The number of benzene rings is 1. The van der Waals surface area contributed by atoms with Gasteiger partial charge in [-0.05, 0) is 17.5 Å². The highest BCUT2D eigenvalue weighted by atomic mass is 32.1. The van der Waals surface area contributed by atoms with Gasteiger partial charge in [0.2, 0.25) is 5.91 Å². The molecule has 1 amide bonds. The summed E-state index contributed by atoms with van der Waals surface area (Å²) in [6, 6.07) is 11.2. The van der Waals surface area contributed by atoms with E-state index in [0.29, 0.717) is 30.7 Å². The number of carbonyl (C=O) groups excluding carboxylic acids is 1. The van der Waals surface area contributed by atoms with Crippen LogP contribution >= 0.6 is 11.3 Å². The van der Waals surface area contributed by atoms with Crippen LogP contribution in [0.2, 0.25) is 0 Å². The fourth-order valence-corrected chi connectivity index (χ4v) is 3.28. The Morgan fingerprint density at radius 3 is 2.76 bits per heavy atom. The maximum atomic E-state index is 12.5. The average molecular weight is 357 g/mol. The monoisotopic (exact) mass is 357 g/mol. The number of aromatic nitrogens is 2. The van der Waals surface area contributed by atoms with Crippen molar-refractivity contribution in [3.8, 4) is 0 Å². The Hall–Kier alpha value is -2.51. The summed E-state index contributed by atoms with van der Waals surface area (Å²) in [6.45, 7) is 1.05. The number of methoxy groups -OCH3 is 1. The summed E-state index contributed by atoms with van der Waals surface area (Å²) < 4.78 is 6.44. The van der Waals surface area contributed by atoms with Gasteiger partial charge in [-0.25, -0.2) is 4.68 Å². The van der Waals surface area contributed by atoms with E-state index in [0.717, 1.165) is 10.3 Å². The second-order valence-electron chi connectivity index (χ2n) is 5.55. The first-order valence-corrected chi connectivity index (χ1v) is 8.83. The second kappa shape index (κ2) is 8.04. The van der Waals surface area contributed by atoms with Crippen LogP contribution < -0.4 is 10.9 Å². The highest BCUT2D eigenvalue weighted by molar-refractivity contribution is 7.10. The van der Waals surface area contributed by atoms with Crippen LogP contribution in [0.3, 0.4) is 0 Å². The van der Waals surface area contributed by atoms with Crippen molar-refractivity contribution in [2.45, 2.75) is 19.5 Å². The predicted octanol–water partition coefficient (Wildman–Crippen LogP) is 1.96. The molecule has 0 aliphatic heterocycles. The zero-order valence-electron chi connectivity index (χ0n) is 13.9. The SMILES string of the molecule is COCCn1nc(CNC(=O)Cc2cccs2)c2ccccc2c1=O. The van der Waals surface area contributed by atoms with E-state index in [1.165, 1.54) is 4.68 Å². The maximum Gasteiger partial charge on any atom is 0.274 e. The van der Waals surface area contributed by atoms with Gasteiger partial charge in [0.05, 0.1) is 37.2 Å². The molecule has 0 aliphatic rings. The molecule has 130 valence electrons. The Morgan fingerprint density at radius 1 is 1.24 bits per heavy atom. The van der Waals surface area contributed by atoms with E-state index in [2.05, 4.69) is 10.4 Å². The fourth-order valence-electron chi connectivity index (χ4n) is 2.58. The molecule has 0 radical (unpaired) electrons. The molecular weight excluding hydrogens is 338 g/mol. The number of rotatable bonds is 7. The lowest BCUT2D eigenvalue weighted by molar-refractivity contribution is -0.120. The molecule has 0 fully saturated rings. The molecule has 1 aromatic carbocycles. The van der Waals surface area contributed by atoms with E-state index in [9.17, 15) is 9.59 Å². The third kappa shape index (κ3) is 4.12. The standard InChI is InChI=1S/C18H19N3O3S/c1-24-9-8-21-18(23)15-7-3-2-6-14(15)16(20-21)12-19-17(22)11-13-5-4-10-25-13/h2-7,10H,8-9,11-12H2,1H3,(H,19,22). The normalized spacial score (nSPS) is 10.9. The Balaban J connectivity index is 1.83. The summed E-state index contributed by atoms with van der Waals surface area (Å²) in [4.78, 5) is 25.6. The maximum absolute atomic E-state index is 12.5. The van der Waals surface area contributed by atoms with Crippen molar-refractivity contribution >= 4 is 28.0 Å². The van der Waals surface area contributed by atoms with Crippen LogP contribution in [0.1, 0.15) is 10.6 Å². The lowest BCUT2D eigenvalue weighted by atomic mass is 10.1. The smallest absolute Gasteiger partial charge is 0.274 e. The number of ether oxygens (including phenoxy) is 1. The molecule has 0 saturated heterocycles. The molecule has 0 atom stereocenters. The summed E-state index contributed by atoms with van der Waals surface area (Å²) in [5.74, 6) is -0.0667. The molecular formula is C18H19N3O3S. The predicted molar refractivity (Wildman–Crippen MR) is 97.7 cm³/mol. The van der Waals surface area contributed by atoms with E-state index in [1.54, 1.807) is 24.5 Å². The van der Waals surface area contributed by atoms with Gasteiger partial charge in [0, 0.05) is 17.4 Å². The van der Waals surface area contributed by atoms with Gasteiger partial charge in [-0.1, -0.05) is 24.3 Å². The van der Waals surface area contributed by atoms with Gasteiger partial charge in [-0.2, -0.15) is 5.10 Å². The third-order valence-corrected chi connectivity index (χ3v) is 4.70. The van der Waals surface area contributed by atoms with Gasteiger partial charge in [0.25, 0.3) is 5.56 Å². The highest BCUT2D eigenvalue weighted by Gasteiger charge is 2.11. The zero-order valence-corrected chi connectivity index (χ0v) is 14.7. The minimum absolute atomic E-state index is 0.0667. The number of amides is 1. The molecule has 2 aromatic heterocycles. The summed E-state index contributed by atoms with van der Waals surface area (Å²) in [5.41, 5.74) is 0.521.